The van der Waals surface area contributed by atoms with Gasteiger partial charge in [0.1, 0.15) is 0 Å². The first-order valence-electron chi connectivity index (χ1n) is 8.49. The molecule has 8 nitrogen and oxygen atoms in total. The van der Waals surface area contributed by atoms with Crippen molar-refractivity contribution in [3.63, 3.8) is 0 Å². The number of piperazine rings is 1. The standard InChI is InChI=1S/C18H22N6O2/c25-13-15-1-5-17(6-2-15)19-21-23-9-11-24(12-10-23)22-20-18-7-3-16(14-26)4-8-18/h1-8,25-26H,9-14H2/b21-19+,22-20+. The molecule has 0 radical (unpaired) electrons. The Morgan fingerprint density at radius 2 is 0.962 bits per heavy atom. The Balaban J connectivity index is 1.47. The first-order chi connectivity index (χ1) is 12.8. The predicted molar refractivity (Wildman–Crippen MR) is 96.9 cm³/mol. The van der Waals surface area contributed by atoms with Crippen LogP contribution in [0, 0.1) is 0 Å². The normalized spacial score (nSPS) is 15.3. The number of benzene rings is 2. The van der Waals surface area contributed by atoms with Crippen molar-refractivity contribution in [2.45, 2.75) is 13.2 Å². The van der Waals surface area contributed by atoms with Crippen LogP contribution in [-0.4, -0.2) is 46.4 Å². The van der Waals surface area contributed by atoms with Crippen LogP contribution in [-0.2, 0) is 13.2 Å². The monoisotopic (exact) mass is 354 g/mol. The lowest BCUT2D eigenvalue weighted by atomic mass is 10.2. The molecular formula is C18H22N6O2. The Bertz CT molecular complexity index is 672. The maximum atomic E-state index is 9.03. The van der Waals surface area contributed by atoms with Crippen LogP contribution in [0.15, 0.2) is 69.2 Å². The van der Waals surface area contributed by atoms with Gasteiger partial charge >= 0.3 is 0 Å². The van der Waals surface area contributed by atoms with Crippen LogP contribution in [0.25, 0.3) is 0 Å². The first kappa shape index (κ1) is 18.0. The Labute approximate surface area is 152 Å². The van der Waals surface area contributed by atoms with Gasteiger partial charge in [0.15, 0.2) is 0 Å². The molecule has 3 rings (SSSR count). The summed E-state index contributed by atoms with van der Waals surface area (Å²) in [6.07, 6.45) is 0. The molecule has 1 saturated heterocycles. The van der Waals surface area contributed by atoms with Gasteiger partial charge in [0.2, 0.25) is 0 Å². The third-order valence-corrected chi connectivity index (χ3v) is 4.04. The van der Waals surface area contributed by atoms with Gasteiger partial charge in [-0.25, -0.2) is 0 Å². The van der Waals surface area contributed by atoms with Crippen LogP contribution in [0.1, 0.15) is 11.1 Å². The number of hydrogen-bond donors (Lipinski definition) is 2. The van der Waals surface area contributed by atoms with Gasteiger partial charge in [-0.2, -0.15) is 0 Å². The summed E-state index contributed by atoms with van der Waals surface area (Å²) in [6, 6.07) is 14.7. The number of hydrogen-bond acceptors (Lipinski definition) is 6. The smallest absolute Gasteiger partial charge is 0.0874 e. The van der Waals surface area contributed by atoms with E-state index in [1.54, 1.807) is 0 Å². The molecule has 26 heavy (non-hydrogen) atoms. The van der Waals surface area contributed by atoms with E-state index in [0.29, 0.717) is 0 Å². The van der Waals surface area contributed by atoms with E-state index in [0.717, 1.165) is 48.7 Å². The van der Waals surface area contributed by atoms with Crippen LogP contribution in [0.5, 0.6) is 0 Å². The summed E-state index contributed by atoms with van der Waals surface area (Å²) >= 11 is 0. The predicted octanol–water partition coefficient (Wildman–Crippen LogP) is 2.99. The third-order valence-electron chi connectivity index (χ3n) is 4.04. The number of aliphatic hydroxyl groups is 2. The van der Waals surface area contributed by atoms with Gasteiger partial charge in [0.05, 0.1) is 50.8 Å². The Morgan fingerprint density at radius 3 is 1.27 bits per heavy atom. The average molecular weight is 354 g/mol. The minimum absolute atomic E-state index is 0.0273. The lowest BCUT2D eigenvalue weighted by molar-refractivity contribution is 0.126. The molecule has 1 fully saturated rings. The van der Waals surface area contributed by atoms with Crippen molar-refractivity contribution in [1.29, 1.82) is 0 Å². The summed E-state index contributed by atoms with van der Waals surface area (Å²) in [4.78, 5) is 0. The second kappa shape index (κ2) is 9.02. The Morgan fingerprint density at radius 1 is 0.615 bits per heavy atom. The topological polar surface area (TPSA) is 96.4 Å². The SMILES string of the molecule is OCc1ccc(/N=N/N2CCN(/N=N/c3ccc(CO)cc3)CC2)cc1. The molecule has 0 bridgehead atoms. The molecule has 2 aromatic carbocycles. The summed E-state index contributed by atoms with van der Waals surface area (Å²) in [5.41, 5.74) is 3.23. The van der Waals surface area contributed by atoms with Crippen molar-refractivity contribution in [1.82, 2.24) is 10.0 Å². The van der Waals surface area contributed by atoms with E-state index in [4.69, 9.17) is 10.2 Å². The summed E-state index contributed by atoms with van der Waals surface area (Å²) in [5, 5.41) is 38.8. The van der Waals surface area contributed by atoms with Crippen LogP contribution >= 0.6 is 0 Å². The van der Waals surface area contributed by atoms with E-state index in [-0.39, 0.29) is 13.2 Å². The van der Waals surface area contributed by atoms with Crippen molar-refractivity contribution >= 4 is 11.4 Å². The van der Waals surface area contributed by atoms with Crippen molar-refractivity contribution in [2.75, 3.05) is 26.2 Å². The highest BCUT2D eigenvalue weighted by Gasteiger charge is 2.14. The number of aliphatic hydroxyl groups excluding tert-OH is 2. The molecule has 0 unspecified atom stereocenters. The van der Waals surface area contributed by atoms with E-state index in [1.165, 1.54) is 0 Å². The van der Waals surface area contributed by atoms with Crippen molar-refractivity contribution in [3.05, 3.63) is 59.7 Å². The molecule has 0 amide bonds. The zero-order valence-corrected chi connectivity index (χ0v) is 14.4. The van der Waals surface area contributed by atoms with Crippen molar-refractivity contribution in [2.24, 2.45) is 20.7 Å². The second-order valence-corrected chi connectivity index (χ2v) is 5.94. The van der Waals surface area contributed by atoms with Gasteiger partial charge in [0.25, 0.3) is 0 Å². The third kappa shape index (κ3) is 5.08. The molecule has 0 saturated carbocycles. The van der Waals surface area contributed by atoms with Crippen molar-refractivity contribution < 1.29 is 10.2 Å². The molecule has 0 spiro atoms. The Kier molecular flexibility index (Phi) is 6.24. The number of nitrogens with zero attached hydrogens (tertiary/aromatic N) is 6. The quantitative estimate of drug-likeness (QED) is 0.780. The molecule has 0 aliphatic carbocycles. The summed E-state index contributed by atoms with van der Waals surface area (Å²) in [6.45, 7) is 2.95. The molecule has 0 aromatic heterocycles. The lowest BCUT2D eigenvalue weighted by Gasteiger charge is -2.29. The summed E-state index contributed by atoms with van der Waals surface area (Å²) < 4.78 is 0. The van der Waals surface area contributed by atoms with E-state index >= 15 is 0 Å². The van der Waals surface area contributed by atoms with Gasteiger partial charge in [-0.3, -0.25) is 10.0 Å². The molecule has 8 heteroatoms. The minimum Gasteiger partial charge on any atom is -0.392 e. The van der Waals surface area contributed by atoms with Gasteiger partial charge in [-0.1, -0.05) is 34.7 Å². The number of rotatable bonds is 6. The van der Waals surface area contributed by atoms with Crippen LogP contribution in [0.4, 0.5) is 11.4 Å². The van der Waals surface area contributed by atoms with Crippen molar-refractivity contribution in [3.8, 4) is 0 Å². The molecule has 1 aliphatic rings. The van der Waals surface area contributed by atoms with Gasteiger partial charge in [0, 0.05) is 0 Å². The molecule has 1 aliphatic heterocycles. The zero-order chi connectivity index (χ0) is 18.2. The molecule has 2 N–H and O–H groups in total. The van der Waals surface area contributed by atoms with E-state index in [2.05, 4.69) is 20.7 Å². The first-order valence-corrected chi connectivity index (χ1v) is 8.49. The largest absolute Gasteiger partial charge is 0.392 e. The highest BCUT2D eigenvalue weighted by atomic mass is 16.3. The highest BCUT2D eigenvalue weighted by Crippen LogP contribution is 2.16. The molecular weight excluding hydrogens is 332 g/mol. The van der Waals surface area contributed by atoms with Gasteiger partial charge in [-0.15, -0.1) is 10.2 Å². The fraction of sp³-hybridized carbons (Fsp3) is 0.333. The van der Waals surface area contributed by atoms with Crippen LogP contribution in [0.2, 0.25) is 0 Å². The molecule has 0 atom stereocenters. The summed E-state index contributed by atoms with van der Waals surface area (Å²) in [7, 11) is 0. The average Bonchev–Trinajstić information content (AvgIpc) is 2.72. The van der Waals surface area contributed by atoms with E-state index < -0.39 is 0 Å². The van der Waals surface area contributed by atoms with Gasteiger partial charge in [-0.05, 0) is 35.4 Å². The summed E-state index contributed by atoms with van der Waals surface area (Å²) in [5.74, 6) is 0. The lowest BCUT2D eigenvalue weighted by Crippen LogP contribution is -2.40. The fourth-order valence-corrected chi connectivity index (χ4v) is 2.43. The highest BCUT2D eigenvalue weighted by molar-refractivity contribution is 5.38. The fourth-order valence-electron chi connectivity index (χ4n) is 2.43. The molecule has 2 aromatic rings. The molecule has 1 heterocycles. The second-order valence-electron chi connectivity index (χ2n) is 5.94. The molecule has 136 valence electrons. The maximum absolute atomic E-state index is 9.03. The zero-order valence-electron chi connectivity index (χ0n) is 14.4. The van der Waals surface area contributed by atoms with E-state index in [9.17, 15) is 0 Å². The van der Waals surface area contributed by atoms with Crippen LogP contribution in [0.3, 0.4) is 0 Å². The van der Waals surface area contributed by atoms with Crippen LogP contribution < -0.4 is 0 Å². The Hall–Kier alpha value is -2.84. The minimum atomic E-state index is 0.0273. The van der Waals surface area contributed by atoms with Gasteiger partial charge < -0.3 is 10.2 Å². The van der Waals surface area contributed by atoms with E-state index in [1.807, 2.05) is 58.5 Å². The maximum Gasteiger partial charge on any atom is 0.0874 e.